The Morgan fingerprint density at radius 1 is 1.12 bits per heavy atom. The minimum absolute atomic E-state index is 0.0404. The van der Waals surface area contributed by atoms with Gasteiger partial charge in [0.05, 0.1) is 24.3 Å². The average molecular weight is 569 g/mol. The lowest BCUT2D eigenvalue weighted by molar-refractivity contribution is -0.138. The van der Waals surface area contributed by atoms with Crippen LogP contribution in [0.4, 0.5) is 11.4 Å². The molecule has 1 saturated heterocycles. The number of carbonyl (C=O) groups is 5. The van der Waals surface area contributed by atoms with E-state index in [0.717, 1.165) is 4.90 Å². The van der Waals surface area contributed by atoms with Crippen LogP contribution in [0.2, 0.25) is 0 Å². The average Bonchev–Trinajstić information content (AvgIpc) is 3.25. The summed E-state index contributed by atoms with van der Waals surface area (Å²) in [6.07, 6.45) is -0.208. The molecule has 2 heterocycles. The number of aliphatic hydroxyl groups is 1. The Labute approximate surface area is 236 Å². The lowest BCUT2D eigenvalue weighted by Crippen LogP contribution is -2.57. The van der Waals surface area contributed by atoms with Crippen molar-refractivity contribution >= 4 is 41.0 Å². The molecule has 4 N–H and O–H groups in total. The minimum Gasteiger partial charge on any atom is -0.507 e. The highest BCUT2D eigenvalue weighted by atomic mass is 16.6. The Morgan fingerprint density at radius 2 is 1.78 bits per heavy atom. The van der Waals surface area contributed by atoms with Gasteiger partial charge in [-0.15, -0.1) is 0 Å². The maximum Gasteiger partial charge on any atom is 0.311 e. The summed E-state index contributed by atoms with van der Waals surface area (Å²) in [5.41, 5.74) is 0.163. The molecule has 1 fully saturated rings. The SMILES string of the molecule is CCO[C@]1(NC(=O)CN2C(=O)[C@@H](NC(=O)c3cc(C)c(O)c(C)c3)CN(C(=O)CO)c3ccccc32)COC(=O)C1. The fourth-order valence-electron chi connectivity index (χ4n) is 4.96. The smallest absolute Gasteiger partial charge is 0.311 e. The number of para-hydroxylation sites is 2. The zero-order valence-electron chi connectivity index (χ0n) is 22.9. The van der Waals surface area contributed by atoms with Gasteiger partial charge in [0.15, 0.2) is 5.72 Å². The van der Waals surface area contributed by atoms with Crippen LogP contribution in [-0.2, 0) is 28.7 Å². The fraction of sp³-hybridized carbons (Fsp3) is 0.393. The number of fused-ring (bicyclic) bond motifs is 1. The molecule has 4 amide bonds. The zero-order valence-corrected chi connectivity index (χ0v) is 22.9. The highest BCUT2D eigenvalue weighted by molar-refractivity contribution is 6.11. The number of benzene rings is 2. The first kappa shape index (κ1) is 29.5. The maximum absolute atomic E-state index is 13.9. The van der Waals surface area contributed by atoms with Gasteiger partial charge >= 0.3 is 5.97 Å². The van der Waals surface area contributed by atoms with Crippen molar-refractivity contribution < 1.29 is 43.7 Å². The third-order valence-electron chi connectivity index (χ3n) is 6.87. The summed E-state index contributed by atoms with van der Waals surface area (Å²) in [5.74, 6) is -3.22. The summed E-state index contributed by atoms with van der Waals surface area (Å²) in [6.45, 7) is 3.24. The number of aliphatic hydroxyl groups excluding tert-OH is 1. The molecule has 0 saturated carbocycles. The molecule has 2 aliphatic rings. The summed E-state index contributed by atoms with van der Waals surface area (Å²) in [6, 6.07) is 7.96. The van der Waals surface area contributed by atoms with Crippen LogP contribution in [0.5, 0.6) is 5.75 Å². The lowest BCUT2D eigenvalue weighted by atomic mass is 10.0. The minimum atomic E-state index is -1.39. The topological polar surface area (TPSA) is 175 Å². The van der Waals surface area contributed by atoms with Crippen LogP contribution in [0.25, 0.3) is 0 Å². The number of rotatable bonds is 8. The van der Waals surface area contributed by atoms with E-state index in [2.05, 4.69) is 10.6 Å². The van der Waals surface area contributed by atoms with Gasteiger partial charge in [0, 0.05) is 12.2 Å². The van der Waals surface area contributed by atoms with Crippen molar-refractivity contribution in [1.82, 2.24) is 10.6 Å². The second-order valence-electron chi connectivity index (χ2n) is 9.87. The number of esters is 1. The predicted octanol–water partition coefficient (Wildman–Crippen LogP) is 0.275. The summed E-state index contributed by atoms with van der Waals surface area (Å²) >= 11 is 0. The van der Waals surface area contributed by atoms with E-state index in [1.54, 1.807) is 39.0 Å². The molecule has 0 bridgehead atoms. The third-order valence-corrected chi connectivity index (χ3v) is 6.87. The molecule has 2 aromatic rings. The lowest BCUT2D eigenvalue weighted by Gasteiger charge is -2.30. The van der Waals surface area contributed by atoms with E-state index in [1.807, 2.05) is 0 Å². The second-order valence-corrected chi connectivity index (χ2v) is 9.87. The summed E-state index contributed by atoms with van der Waals surface area (Å²) in [5, 5.41) is 25.0. The molecule has 0 aliphatic carbocycles. The van der Waals surface area contributed by atoms with Crippen molar-refractivity contribution in [3.8, 4) is 5.75 Å². The molecule has 2 atom stereocenters. The van der Waals surface area contributed by atoms with Crippen molar-refractivity contribution in [3.05, 3.63) is 53.1 Å². The molecule has 0 spiro atoms. The Kier molecular flexibility index (Phi) is 8.59. The number of amides is 4. The van der Waals surface area contributed by atoms with E-state index in [0.29, 0.717) is 11.1 Å². The van der Waals surface area contributed by atoms with E-state index >= 15 is 0 Å². The highest BCUT2D eigenvalue weighted by Crippen LogP contribution is 2.33. The Morgan fingerprint density at radius 3 is 2.37 bits per heavy atom. The number of nitrogens with zero attached hydrogens (tertiary/aromatic N) is 2. The fourth-order valence-corrected chi connectivity index (χ4v) is 4.96. The molecule has 13 nitrogen and oxygen atoms in total. The van der Waals surface area contributed by atoms with Gasteiger partial charge in [0.25, 0.3) is 17.7 Å². The van der Waals surface area contributed by atoms with Crippen LogP contribution in [0.15, 0.2) is 36.4 Å². The molecule has 2 aliphatic heterocycles. The van der Waals surface area contributed by atoms with Crippen molar-refractivity contribution in [2.24, 2.45) is 0 Å². The van der Waals surface area contributed by atoms with Crippen LogP contribution >= 0.6 is 0 Å². The van der Waals surface area contributed by atoms with E-state index in [4.69, 9.17) is 9.47 Å². The van der Waals surface area contributed by atoms with Gasteiger partial charge in [-0.25, -0.2) is 0 Å². The predicted molar refractivity (Wildman–Crippen MR) is 145 cm³/mol. The first-order valence-corrected chi connectivity index (χ1v) is 13.0. The highest BCUT2D eigenvalue weighted by Gasteiger charge is 2.44. The first-order valence-electron chi connectivity index (χ1n) is 13.0. The monoisotopic (exact) mass is 568 g/mol. The molecular formula is C28H32N4O9. The van der Waals surface area contributed by atoms with Crippen LogP contribution < -0.4 is 20.4 Å². The van der Waals surface area contributed by atoms with E-state index < -0.39 is 54.5 Å². The van der Waals surface area contributed by atoms with E-state index in [-0.39, 0.29) is 48.9 Å². The molecule has 41 heavy (non-hydrogen) atoms. The van der Waals surface area contributed by atoms with Gasteiger partial charge in [-0.1, -0.05) is 12.1 Å². The van der Waals surface area contributed by atoms with Crippen molar-refractivity contribution in [2.45, 2.75) is 39.0 Å². The number of phenolic OH excluding ortho intramolecular Hbond substituents is 1. The molecule has 0 aromatic heterocycles. The molecule has 13 heteroatoms. The third kappa shape index (κ3) is 6.15. The van der Waals surface area contributed by atoms with Crippen LogP contribution in [0.3, 0.4) is 0 Å². The van der Waals surface area contributed by atoms with Gasteiger partial charge < -0.3 is 35.2 Å². The number of aryl methyl sites for hydroxylation is 2. The van der Waals surface area contributed by atoms with Crippen molar-refractivity contribution in [1.29, 1.82) is 0 Å². The van der Waals surface area contributed by atoms with Crippen molar-refractivity contribution in [3.63, 3.8) is 0 Å². The number of aromatic hydroxyl groups is 1. The number of phenols is 1. The number of nitrogens with one attached hydrogen (secondary N) is 2. The van der Waals surface area contributed by atoms with Gasteiger partial charge in [-0.3, -0.25) is 28.9 Å². The van der Waals surface area contributed by atoms with Crippen LogP contribution in [0, 0.1) is 13.8 Å². The van der Waals surface area contributed by atoms with Gasteiger partial charge in [0.1, 0.15) is 31.5 Å². The number of anilines is 2. The number of hydrogen-bond donors (Lipinski definition) is 4. The van der Waals surface area contributed by atoms with Crippen LogP contribution in [0.1, 0.15) is 34.8 Å². The largest absolute Gasteiger partial charge is 0.507 e. The van der Waals surface area contributed by atoms with E-state index in [9.17, 15) is 34.2 Å². The molecule has 0 radical (unpaired) electrons. The van der Waals surface area contributed by atoms with Gasteiger partial charge in [-0.05, 0) is 56.2 Å². The molecule has 0 unspecified atom stereocenters. The molecular weight excluding hydrogens is 536 g/mol. The second kappa shape index (κ2) is 11.9. The van der Waals surface area contributed by atoms with Gasteiger partial charge in [-0.2, -0.15) is 0 Å². The maximum atomic E-state index is 13.9. The summed E-state index contributed by atoms with van der Waals surface area (Å²) in [7, 11) is 0. The first-order chi connectivity index (χ1) is 19.5. The zero-order chi connectivity index (χ0) is 29.9. The Bertz CT molecular complexity index is 1370. The number of carbonyl (C=O) groups excluding carboxylic acids is 5. The number of cyclic esters (lactones) is 1. The Balaban J connectivity index is 1.68. The van der Waals surface area contributed by atoms with Crippen LogP contribution in [-0.4, -0.2) is 84.5 Å². The molecule has 4 rings (SSSR count). The standard InChI is InChI=1S/C28H32N4O9/c1-4-41-28(11-24(36)40-15-28)30-22(34)13-32-21-8-6-5-7-20(21)31(23(35)14-33)12-19(27(32)39)29-26(38)18-9-16(2)25(37)17(3)10-18/h5-10,19,33,37H,4,11-15H2,1-3H3,(H,29,38)(H,30,34)/t19-,28-/m0/s1. The van der Waals surface area contributed by atoms with E-state index in [1.165, 1.54) is 23.1 Å². The van der Waals surface area contributed by atoms with Gasteiger partial charge in [0.2, 0.25) is 5.91 Å². The number of hydrogen-bond acceptors (Lipinski definition) is 9. The normalized spacial score (nSPS) is 20.2. The Hall–Kier alpha value is -4.49. The summed E-state index contributed by atoms with van der Waals surface area (Å²) < 4.78 is 10.6. The molecule has 2 aromatic carbocycles. The summed E-state index contributed by atoms with van der Waals surface area (Å²) in [4.78, 5) is 67.3. The molecule has 218 valence electrons. The number of ether oxygens (including phenoxy) is 2. The van der Waals surface area contributed by atoms with Crippen molar-refractivity contribution in [2.75, 3.05) is 42.7 Å². The quantitative estimate of drug-likeness (QED) is 0.257.